The molecule has 1 aliphatic heterocycles. The lowest BCUT2D eigenvalue weighted by Crippen LogP contribution is -2.54. The molecule has 0 bridgehead atoms. The second-order valence-electron chi connectivity index (χ2n) is 6.05. The van der Waals surface area contributed by atoms with E-state index in [1.165, 1.54) is 4.31 Å². The van der Waals surface area contributed by atoms with Crippen LogP contribution in [0.15, 0.2) is 41.8 Å². The Balaban J connectivity index is 1.97. The van der Waals surface area contributed by atoms with Crippen molar-refractivity contribution in [1.29, 1.82) is 0 Å². The molecule has 1 N–H and O–H groups in total. The average molecular weight is 381 g/mol. The molecular weight excluding hydrogens is 354 g/mol. The molecule has 0 aromatic heterocycles. The molecule has 8 heteroatoms. The molecule has 1 aromatic rings. The molecule has 26 heavy (non-hydrogen) atoms. The molecule has 2 rings (SSSR count). The van der Waals surface area contributed by atoms with Crippen molar-refractivity contribution < 1.29 is 17.9 Å². The molecule has 7 nitrogen and oxygen atoms in total. The number of hydrogen-bond acceptors (Lipinski definition) is 5. The number of carbonyl (C=O) groups is 1. The van der Waals surface area contributed by atoms with Crippen LogP contribution in [0.5, 0.6) is 5.75 Å². The lowest BCUT2D eigenvalue weighted by molar-refractivity contribution is -0.126. The van der Waals surface area contributed by atoms with E-state index in [0.717, 1.165) is 0 Å². The van der Waals surface area contributed by atoms with Gasteiger partial charge in [0.05, 0.1) is 17.5 Å². The van der Waals surface area contributed by atoms with Crippen LogP contribution in [-0.4, -0.2) is 68.9 Å². The van der Waals surface area contributed by atoms with Crippen LogP contribution in [0.4, 0.5) is 0 Å². The van der Waals surface area contributed by atoms with Gasteiger partial charge < -0.3 is 10.1 Å². The van der Waals surface area contributed by atoms with E-state index in [2.05, 4.69) is 11.9 Å². The summed E-state index contributed by atoms with van der Waals surface area (Å²) in [5.41, 5.74) is 0. The van der Waals surface area contributed by atoms with Crippen molar-refractivity contribution in [2.45, 2.75) is 24.8 Å². The Morgan fingerprint density at radius 1 is 1.27 bits per heavy atom. The molecule has 1 fully saturated rings. The fourth-order valence-electron chi connectivity index (χ4n) is 2.84. The van der Waals surface area contributed by atoms with E-state index in [1.54, 1.807) is 30.3 Å². The van der Waals surface area contributed by atoms with Crippen LogP contribution in [0.2, 0.25) is 0 Å². The maximum absolute atomic E-state index is 12.8. The van der Waals surface area contributed by atoms with E-state index < -0.39 is 10.0 Å². The van der Waals surface area contributed by atoms with Crippen molar-refractivity contribution in [2.75, 3.05) is 39.3 Å². The molecule has 0 unspecified atom stereocenters. The van der Waals surface area contributed by atoms with Crippen molar-refractivity contribution in [2.24, 2.45) is 0 Å². The van der Waals surface area contributed by atoms with Crippen LogP contribution in [-0.2, 0) is 14.8 Å². The van der Waals surface area contributed by atoms with E-state index in [4.69, 9.17) is 4.74 Å². The maximum atomic E-state index is 12.8. The van der Waals surface area contributed by atoms with Gasteiger partial charge >= 0.3 is 0 Å². The lowest BCUT2D eigenvalue weighted by Gasteiger charge is -2.36. The summed E-state index contributed by atoms with van der Waals surface area (Å²) < 4.78 is 32.4. The summed E-state index contributed by atoms with van der Waals surface area (Å²) >= 11 is 0. The first-order chi connectivity index (χ1) is 12.4. The van der Waals surface area contributed by atoms with Crippen molar-refractivity contribution >= 4 is 15.9 Å². The predicted molar refractivity (Wildman–Crippen MR) is 101 cm³/mol. The number of sulfonamides is 1. The molecular formula is C18H27N3O4S. The Labute approximate surface area is 155 Å². The Kier molecular flexibility index (Phi) is 7.19. The fraction of sp³-hybridized carbons (Fsp3) is 0.500. The number of ether oxygens (including phenoxy) is 1. The minimum Gasteiger partial charge on any atom is -0.494 e. The standard InChI is InChI=1S/C18H27N3O4S/c1-4-10-19-18(22)15(3)20-11-13-21(14-12-20)26(23,24)17-8-6-16(7-9-17)25-5-2/h4,6-9,15H,1,5,10-14H2,2-3H3,(H,19,22)/t15-/m0/s1. The number of nitrogens with zero attached hydrogens (tertiary/aromatic N) is 2. The normalized spacial score (nSPS) is 17.5. The van der Waals surface area contributed by atoms with Gasteiger partial charge in [-0.1, -0.05) is 6.08 Å². The van der Waals surface area contributed by atoms with E-state index in [0.29, 0.717) is 45.1 Å². The van der Waals surface area contributed by atoms with Crippen LogP contribution < -0.4 is 10.1 Å². The van der Waals surface area contributed by atoms with Gasteiger partial charge in [-0.05, 0) is 38.1 Å². The van der Waals surface area contributed by atoms with Gasteiger partial charge in [0.15, 0.2) is 0 Å². The van der Waals surface area contributed by atoms with Gasteiger partial charge in [0.2, 0.25) is 15.9 Å². The van der Waals surface area contributed by atoms with Crippen molar-refractivity contribution in [1.82, 2.24) is 14.5 Å². The molecule has 1 heterocycles. The molecule has 1 aliphatic rings. The van der Waals surface area contributed by atoms with Gasteiger partial charge in [0, 0.05) is 32.7 Å². The van der Waals surface area contributed by atoms with E-state index in [9.17, 15) is 13.2 Å². The molecule has 1 saturated heterocycles. The molecule has 144 valence electrons. The number of benzene rings is 1. The largest absolute Gasteiger partial charge is 0.494 e. The zero-order valence-electron chi connectivity index (χ0n) is 15.3. The van der Waals surface area contributed by atoms with Crippen molar-refractivity contribution in [3.8, 4) is 5.75 Å². The number of carbonyl (C=O) groups excluding carboxylic acids is 1. The van der Waals surface area contributed by atoms with Gasteiger partial charge in [-0.15, -0.1) is 6.58 Å². The monoisotopic (exact) mass is 381 g/mol. The SMILES string of the molecule is C=CCNC(=O)[C@H](C)N1CCN(S(=O)(=O)c2ccc(OCC)cc2)CC1. The summed E-state index contributed by atoms with van der Waals surface area (Å²) in [4.78, 5) is 14.3. The van der Waals surface area contributed by atoms with E-state index >= 15 is 0 Å². The Morgan fingerprint density at radius 2 is 1.88 bits per heavy atom. The molecule has 0 saturated carbocycles. The minimum atomic E-state index is -3.54. The molecule has 1 atom stereocenters. The summed E-state index contributed by atoms with van der Waals surface area (Å²) in [6.07, 6.45) is 1.63. The highest BCUT2D eigenvalue weighted by molar-refractivity contribution is 7.89. The zero-order chi connectivity index (χ0) is 19.2. The third kappa shape index (κ3) is 4.84. The number of hydrogen-bond donors (Lipinski definition) is 1. The maximum Gasteiger partial charge on any atom is 0.243 e. The molecule has 0 spiro atoms. The van der Waals surface area contributed by atoms with Crippen LogP contribution in [0.3, 0.4) is 0 Å². The van der Waals surface area contributed by atoms with Crippen LogP contribution in [0.25, 0.3) is 0 Å². The first-order valence-electron chi connectivity index (χ1n) is 8.75. The second kappa shape index (κ2) is 9.16. The minimum absolute atomic E-state index is 0.0762. The van der Waals surface area contributed by atoms with Gasteiger partial charge in [0.25, 0.3) is 0 Å². The third-order valence-electron chi connectivity index (χ3n) is 4.39. The second-order valence-corrected chi connectivity index (χ2v) is 7.99. The van der Waals surface area contributed by atoms with Gasteiger partial charge in [0.1, 0.15) is 5.75 Å². The first kappa shape index (κ1) is 20.4. The Bertz CT molecular complexity index is 710. The number of amides is 1. The number of nitrogens with one attached hydrogen (secondary N) is 1. The summed E-state index contributed by atoms with van der Waals surface area (Å²) in [5, 5.41) is 2.77. The molecule has 0 radical (unpaired) electrons. The molecule has 1 aromatic carbocycles. The quantitative estimate of drug-likeness (QED) is 0.682. The highest BCUT2D eigenvalue weighted by atomic mass is 32.2. The van der Waals surface area contributed by atoms with Crippen molar-refractivity contribution in [3.63, 3.8) is 0 Å². The van der Waals surface area contributed by atoms with Gasteiger partial charge in [-0.3, -0.25) is 9.69 Å². The number of rotatable bonds is 8. The summed E-state index contributed by atoms with van der Waals surface area (Å²) in [6, 6.07) is 6.17. The summed E-state index contributed by atoms with van der Waals surface area (Å²) in [5.74, 6) is 0.573. The fourth-order valence-corrected chi connectivity index (χ4v) is 4.26. The smallest absolute Gasteiger partial charge is 0.243 e. The Hall–Kier alpha value is -1.90. The van der Waals surface area contributed by atoms with E-state index in [-0.39, 0.29) is 16.8 Å². The molecule has 1 amide bonds. The summed E-state index contributed by atoms with van der Waals surface area (Å²) in [6.45, 7) is 9.98. The van der Waals surface area contributed by atoms with Crippen LogP contribution in [0.1, 0.15) is 13.8 Å². The van der Waals surface area contributed by atoms with Crippen LogP contribution >= 0.6 is 0 Å². The van der Waals surface area contributed by atoms with Gasteiger partial charge in [-0.25, -0.2) is 8.42 Å². The predicted octanol–water partition coefficient (Wildman–Crippen LogP) is 1.08. The summed E-state index contributed by atoms with van der Waals surface area (Å²) in [7, 11) is -3.54. The van der Waals surface area contributed by atoms with Gasteiger partial charge in [-0.2, -0.15) is 4.31 Å². The van der Waals surface area contributed by atoms with E-state index in [1.807, 2.05) is 18.7 Å². The zero-order valence-corrected chi connectivity index (χ0v) is 16.2. The highest BCUT2D eigenvalue weighted by Crippen LogP contribution is 2.21. The van der Waals surface area contributed by atoms with Crippen molar-refractivity contribution in [3.05, 3.63) is 36.9 Å². The Morgan fingerprint density at radius 3 is 2.42 bits per heavy atom. The average Bonchev–Trinajstić information content (AvgIpc) is 2.66. The lowest BCUT2D eigenvalue weighted by atomic mass is 10.2. The first-order valence-corrected chi connectivity index (χ1v) is 10.2. The van der Waals surface area contributed by atoms with Crippen LogP contribution in [0, 0.1) is 0 Å². The highest BCUT2D eigenvalue weighted by Gasteiger charge is 2.31. The topological polar surface area (TPSA) is 79.0 Å². The molecule has 0 aliphatic carbocycles. The third-order valence-corrected chi connectivity index (χ3v) is 6.31. The number of piperazine rings is 1.